The molecule has 0 saturated carbocycles. The minimum absolute atomic E-state index is 0.100. The zero-order valence-electron chi connectivity index (χ0n) is 16.9. The number of benzene rings is 2. The van der Waals surface area contributed by atoms with Crippen LogP contribution < -0.4 is 10.1 Å². The van der Waals surface area contributed by atoms with Gasteiger partial charge in [0.2, 0.25) is 15.9 Å². The molecule has 9 heteroatoms. The summed E-state index contributed by atoms with van der Waals surface area (Å²) in [5.41, 5.74) is 1.12. The van der Waals surface area contributed by atoms with Crippen LogP contribution in [-0.4, -0.2) is 69.4 Å². The maximum atomic E-state index is 12.7. The monoisotopic (exact) mass is 451 g/mol. The number of carbonyl (C=O) groups is 1. The highest BCUT2D eigenvalue weighted by atomic mass is 35.5. The Bertz CT molecular complexity index is 958. The van der Waals surface area contributed by atoms with Gasteiger partial charge < -0.3 is 10.1 Å². The van der Waals surface area contributed by atoms with Crippen molar-refractivity contribution in [3.63, 3.8) is 0 Å². The molecule has 0 atom stereocenters. The summed E-state index contributed by atoms with van der Waals surface area (Å²) >= 11 is 5.84. The van der Waals surface area contributed by atoms with Crippen molar-refractivity contribution in [3.8, 4) is 5.75 Å². The van der Waals surface area contributed by atoms with Crippen LogP contribution in [0.2, 0.25) is 5.02 Å². The molecule has 1 amide bonds. The van der Waals surface area contributed by atoms with Gasteiger partial charge in [0, 0.05) is 31.2 Å². The Morgan fingerprint density at radius 2 is 1.80 bits per heavy atom. The Kier molecular flexibility index (Phi) is 7.71. The maximum Gasteiger partial charge on any atom is 0.243 e. The van der Waals surface area contributed by atoms with E-state index in [2.05, 4.69) is 5.32 Å². The molecule has 1 heterocycles. The molecular weight excluding hydrogens is 426 g/mol. The molecule has 2 aromatic rings. The number of piperazine rings is 1. The van der Waals surface area contributed by atoms with Crippen LogP contribution >= 0.6 is 11.6 Å². The van der Waals surface area contributed by atoms with Crippen LogP contribution in [0.5, 0.6) is 5.75 Å². The van der Waals surface area contributed by atoms with Crippen molar-refractivity contribution < 1.29 is 17.9 Å². The topological polar surface area (TPSA) is 79.0 Å². The van der Waals surface area contributed by atoms with Crippen LogP contribution in [0.4, 0.5) is 0 Å². The Balaban J connectivity index is 1.38. The van der Waals surface area contributed by atoms with Crippen LogP contribution in [0.25, 0.3) is 0 Å². The van der Waals surface area contributed by atoms with Crippen molar-refractivity contribution in [2.75, 3.05) is 45.9 Å². The van der Waals surface area contributed by atoms with Crippen LogP contribution in [0, 0.1) is 6.92 Å². The lowest BCUT2D eigenvalue weighted by atomic mass is 10.2. The summed E-state index contributed by atoms with van der Waals surface area (Å²) in [6, 6.07) is 13.9. The molecule has 30 heavy (non-hydrogen) atoms. The van der Waals surface area contributed by atoms with Gasteiger partial charge in [0.05, 0.1) is 18.0 Å². The zero-order valence-corrected chi connectivity index (χ0v) is 18.5. The molecule has 1 aliphatic heterocycles. The van der Waals surface area contributed by atoms with E-state index in [1.165, 1.54) is 16.4 Å². The molecular formula is C21H26ClN3O4S. The highest BCUT2D eigenvalue weighted by molar-refractivity contribution is 7.89. The van der Waals surface area contributed by atoms with Gasteiger partial charge in [-0.2, -0.15) is 4.31 Å². The normalized spacial score (nSPS) is 15.7. The Morgan fingerprint density at radius 1 is 1.10 bits per heavy atom. The van der Waals surface area contributed by atoms with Crippen LogP contribution in [0.1, 0.15) is 5.56 Å². The van der Waals surface area contributed by atoms with E-state index in [0.717, 1.165) is 11.3 Å². The number of nitrogens with zero attached hydrogens (tertiary/aromatic N) is 2. The van der Waals surface area contributed by atoms with Crippen LogP contribution in [0.3, 0.4) is 0 Å². The minimum Gasteiger partial charge on any atom is -0.492 e. The number of carbonyl (C=O) groups excluding carboxylic acids is 1. The predicted molar refractivity (Wildman–Crippen MR) is 116 cm³/mol. The third kappa shape index (κ3) is 6.18. The minimum atomic E-state index is -3.55. The van der Waals surface area contributed by atoms with Crippen molar-refractivity contribution in [2.24, 2.45) is 0 Å². The lowest BCUT2D eigenvalue weighted by Gasteiger charge is -2.33. The van der Waals surface area contributed by atoms with Crippen LogP contribution in [0.15, 0.2) is 53.4 Å². The molecule has 0 spiro atoms. The molecule has 1 N–H and O–H groups in total. The van der Waals surface area contributed by atoms with Crippen molar-refractivity contribution in [2.45, 2.75) is 11.8 Å². The highest BCUT2D eigenvalue weighted by Gasteiger charge is 2.28. The fourth-order valence-electron chi connectivity index (χ4n) is 3.21. The maximum absolute atomic E-state index is 12.7. The highest BCUT2D eigenvalue weighted by Crippen LogP contribution is 2.19. The van der Waals surface area contributed by atoms with Gasteiger partial charge in [0.1, 0.15) is 12.4 Å². The largest absolute Gasteiger partial charge is 0.492 e. The smallest absolute Gasteiger partial charge is 0.243 e. The molecule has 0 aliphatic carbocycles. The van der Waals surface area contributed by atoms with Gasteiger partial charge in [-0.25, -0.2) is 8.42 Å². The van der Waals surface area contributed by atoms with Crippen molar-refractivity contribution in [1.29, 1.82) is 0 Å². The second-order valence-corrected chi connectivity index (χ2v) is 9.52. The van der Waals surface area contributed by atoms with E-state index in [4.69, 9.17) is 16.3 Å². The first-order chi connectivity index (χ1) is 14.3. The summed E-state index contributed by atoms with van der Waals surface area (Å²) in [7, 11) is -3.55. The van der Waals surface area contributed by atoms with Crippen molar-refractivity contribution in [3.05, 3.63) is 59.1 Å². The molecule has 2 aromatic carbocycles. The lowest BCUT2D eigenvalue weighted by molar-refractivity contribution is -0.122. The molecule has 1 aliphatic rings. The van der Waals surface area contributed by atoms with Gasteiger partial charge in [0.15, 0.2) is 0 Å². The fraction of sp³-hybridized carbons (Fsp3) is 0.381. The average Bonchev–Trinajstić information content (AvgIpc) is 2.72. The SMILES string of the molecule is Cc1cccc(OCCNC(=O)CN2CCN(S(=O)(=O)c3ccc(Cl)cc3)CC2)c1. The third-order valence-electron chi connectivity index (χ3n) is 4.83. The van der Waals surface area contributed by atoms with Crippen molar-refractivity contribution in [1.82, 2.24) is 14.5 Å². The number of amides is 1. The van der Waals surface area contributed by atoms with E-state index >= 15 is 0 Å². The average molecular weight is 452 g/mol. The molecule has 162 valence electrons. The number of hydrogen-bond donors (Lipinski definition) is 1. The first-order valence-corrected chi connectivity index (χ1v) is 11.6. The number of sulfonamides is 1. The van der Waals surface area contributed by atoms with Crippen molar-refractivity contribution >= 4 is 27.5 Å². The Morgan fingerprint density at radius 3 is 2.47 bits per heavy atom. The number of ether oxygens (including phenoxy) is 1. The van der Waals surface area contributed by atoms with Gasteiger partial charge >= 0.3 is 0 Å². The molecule has 0 unspecified atom stereocenters. The van der Waals surface area contributed by atoms with E-state index in [1.807, 2.05) is 36.1 Å². The van der Waals surface area contributed by atoms with Gasteiger partial charge in [-0.15, -0.1) is 0 Å². The second kappa shape index (κ2) is 10.3. The summed E-state index contributed by atoms with van der Waals surface area (Å²) in [4.78, 5) is 14.3. The molecule has 0 radical (unpaired) electrons. The van der Waals surface area contributed by atoms with Gasteiger partial charge in [0.25, 0.3) is 0 Å². The molecule has 0 bridgehead atoms. The first kappa shape index (κ1) is 22.6. The number of aryl methyl sites for hydroxylation is 1. The predicted octanol–water partition coefficient (Wildman–Crippen LogP) is 2.15. The molecule has 1 fully saturated rings. The summed E-state index contributed by atoms with van der Waals surface area (Å²) in [5.74, 6) is 0.680. The van der Waals surface area contributed by atoms with E-state index in [-0.39, 0.29) is 17.3 Å². The molecule has 1 saturated heterocycles. The number of hydrogen-bond acceptors (Lipinski definition) is 5. The van der Waals surface area contributed by atoms with E-state index < -0.39 is 10.0 Å². The first-order valence-electron chi connectivity index (χ1n) is 9.79. The molecule has 0 aromatic heterocycles. The Labute approximate surface area is 182 Å². The van der Waals surface area contributed by atoms with E-state index in [9.17, 15) is 13.2 Å². The summed E-state index contributed by atoms with van der Waals surface area (Å²) in [6.07, 6.45) is 0. The van der Waals surface area contributed by atoms with Gasteiger partial charge in [-0.1, -0.05) is 23.7 Å². The second-order valence-electron chi connectivity index (χ2n) is 7.15. The summed E-state index contributed by atoms with van der Waals surface area (Å²) < 4.78 is 32.5. The number of rotatable bonds is 8. The van der Waals surface area contributed by atoms with E-state index in [0.29, 0.717) is 44.4 Å². The van der Waals surface area contributed by atoms with Gasteiger partial charge in [-0.3, -0.25) is 9.69 Å². The Hall–Kier alpha value is -2.13. The lowest BCUT2D eigenvalue weighted by Crippen LogP contribution is -2.51. The molecule has 3 rings (SSSR count). The standard InChI is InChI=1S/C21H26ClN3O4S/c1-17-3-2-4-19(15-17)29-14-9-23-21(26)16-24-10-12-25(13-11-24)30(27,28)20-7-5-18(22)6-8-20/h2-8,15H,9-14,16H2,1H3,(H,23,26). The van der Waals surface area contributed by atoms with Crippen LogP contribution in [-0.2, 0) is 14.8 Å². The van der Waals surface area contributed by atoms with E-state index in [1.54, 1.807) is 12.1 Å². The quantitative estimate of drug-likeness (QED) is 0.622. The summed E-state index contributed by atoms with van der Waals surface area (Å²) in [5, 5.41) is 3.33. The number of nitrogens with one attached hydrogen (secondary N) is 1. The summed E-state index contributed by atoms with van der Waals surface area (Å²) in [6.45, 7) is 4.72. The number of halogens is 1. The van der Waals surface area contributed by atoms with Gasteiger partial charge in [-0.05, 0) is 48.9 Å². The third-order valence-corrected chi connectivity index (χ3v) is 7.00. The zero-order chi connectivity index (χ0) is 21.6. The fourth-order valence-corrected chi connectivity index (χ4v) is 4.76. The molecule has 7 nitrogen and oxygen atoms in total.